The average molecular weight is 728 g/mol. The number of piperidine rings is 1. The van der Waals surface area contributed by atoms with E-state index < -0.39 is 36.3 Å². The van der Waals surface area contributed by atoms with Crippen LogP contribution in [-0.4, -0.2) is 55.1 Å². The fourth-order valence-corrected chi connectivity index (χ4v) is 7.30. The third-order valence-electron chi connectivity index (χ3n) is 9.62. The highest BCUT2D eigenvalue weighted by Crippen LogP contribution is 2.46. The van der Waals surface area contributed by atoms with Crippen LogP contribution in [0.5, 0.6) is 0 Å². The number of amides is 2. The lowest BCUT2D eigenvalue weighted by Gasteiger charge is -2.32. The number of alkyl halides is 6. The van der Waals surface area contributed by atoms with E-state index in [0.717, 1.165) is 79.7 Å². The zero-order valence-corrected chi connectivity index (χ0v) is 28.3. The van der Waals surface area contributed by atoms with Gasteiger partial charge in [0, 0.05) is 29.7 Å². The molecule has 0 aromatic heterocycles. The maximum absolute atomic E-state index is 13.4. The van der Waals surface area contributed by atoms with Crippen molar-refractivity contribution in [2.75, 3.05) is 26.2 Å². The summed E-state index contributed by atoms with van der Waals surface area (Å²) in [5.74, 6) is -1.80. The van der Waals surface area contributed by atoms with Gasteiger partial charge in [0.15, 0.2) is 0 Å². The fraction of sp³-hybridized carbons (Fsp3) is 0.333. The van der Waals surface area contributed by atoms with Gasteiger partial charge in [-0.3, -0.25) is 9.59 Å². The predicted molar refractivity (Wildman–Crippen MR) is 185 cm³/mol. The number of aryl methyl sites for hydroxylation is 1. The molecule has 1 saturated heterocycles. The molecule has 0 radical (unpaired) electrons. The molecular weight excluding hydrogens is 692 g/mol. The van der Waals surface area contributed by atoms with Crippen molar-refractivity contribution in [2.24, 2.45) is 0 Å². The number of likely N-dealkylation sites (tertiary alicyclic amines) is 1. The smallest absolute Gasteiger partial charge is 0.349 e. The number of fused-ring (bicyclic) bond motifs is 3. The number of unbranched alkanes of at least 4 members (excludes halogenated alkanes) is 1. The lowest BCUT2D eigenvalue weighted by Crippen LogP contribution is -2.45. The second-order valence-electron chi connectivity index (χ2n) is 13.0. The summed E-state index contributed by atoms with van der Waals surface area (Å²) in [6.45, 7) is 0.984. The van der Waals surface area contributed by atoms with Gasteiger partial charge >= 0.3 is 12.4 Å². The number of halogens is 7. The lowest BCUT2D eigenvalue weighted by atomic mass is 9.90. The molecule has 6 rings (SSSR count). The zero-order chi connectivity index (χ0) is 36.3. The molecule has 0 spiro atoms. The van der Waals surface area contributed by atoms with Gasteiger partial charge in [0.2, 0.25) is 5.91 Å². The first-order valence-corrected chi connectivity index (χ1v) is 17.2. The fourth-order valence-electron chi connectivity index (χ4n) is 7.13. The Labute approximate surface area is 297 Å². The molecule has 1 atom stereocenters. The summed E-state index contributed by atoms with van der Waals surface area (Å²) in [5, 5.41) is 5.51. The van der Waals surface area contributed by atoms with Crippen LogP contribution in [0.15, 0.2) is 84.9 Å². The van der Waals surface area contributed by atoms with Gasteiger partial charge in [0.05, 0.1) is 11.5 Å². The lowest BCUT2D eigenvalue weighted by molar-refractivity contribution is -0.138. The van der Waals surface area contributed by atoms with Gasteiger partial charge in [0.25, 0.3) is 5.91 Å². The Bertz CT molecular complexity index is 1890. The number of benzene rings is 4. The number of nitrogens with zero attached hydrogens (tertiary/aromatic N) is 1. The standard InChI is InChI=1S/C39H36ClF6N3O2/c40-27-15-16-29(24-11-13-26(14-12-24)39(44,45)46)33(22-27)36(50)48-28-17-20-49(21-18-28)19-4-3-6-25-7-5-10-31-30-8-1-2-9-32(30)35(34(25)31)37(51)47-23-38(41,42)43/h1-2,5,7-16,22,28,35H,3-4,6,17-21,23H2,(H,47,51)(H,48,50). The molecule has 0 bridgehead atoms. The Hall–Kier alpha value is -4.35. The van der Waals surface area contributed by atoms with Crippen LogP contribution in [0, 0.1) is 0 Å². The molecule has 4 aromatic rings. The topological polar surface area (TPSA) is 61.4 Å². The second kappa shape index (κ2) is 15.1. The Morgan fingerprint density at radius 3 is 2.22 bits per heavy atom. The summed E-state index contributed by atoms with van der Waals surface area (Å²) >= 11 is 6.20. The molecule has 2 amide bonds. The highest BCUT2D eigenvalue weighted by atomic mass is 35.5. The first-order chi connectivity index (χ1) is 24.3. The van der Waals surface area contributed by atoms with E-state index in [1.165, 1.54) is 18.2 Å². The van der Waals surface area contributed by atoms with Gasteiger partial charge in [-0.2, -0.15) is 26.3 Å². The molecule has 4 aromatic carbocycles. The maximum atomic E-state index is 13.4. The summed E-state index contributed by atoms with van der Waals surface area (Å²) in [4.78, 5) is 28.8. The minimum Gasteiger partial charge on any atom is -0.349 e. The molecule has 1 aliphatic carbocycles. The van der Waals surface area contributed by atoms with Gasteiger partial charge in [-0.25, -0.2) is 0 Å². The van der Waals surface area contributed by atoms with Gasteiger partial charge < -0.3 is 15.5 Å². The quantitative estimate of drug-likeness (QED) is 0.127. The van der Waals surface area contributed by atoms with E-state index in [0.29, 0.717) is 33.7 Å². The second-order valence-corrected chi connectivity index (χ2v) is 13.5. The SMILES string of the molecule is O=C(NC1CCN(CCCCc2cccc3c2C(C(=O)NCC(F)(F)F)c2ccccc2-3)CC1)c1cc(Cl)ccc1-c1ccc(C(F)(F)F)cc1. The zero-order valence-electron chi connectivity index (χ0n) is 27.5. The van der Waals surface area contributed by atoms with Crippen molar-refractivity contribution in [2.45, 2.75) is 56.4 Å². The summed E-state index contributed by atoms with van der Waals surface area (Å²) < 4.78 is 78.0. The monoisotopic (exact) mass is 727 g/mol. The molecule has 12 heteroatoms. The molecule has 1 unspecified atom stereocenters. The molecular formula is C39H36ClF6N3O2. The summed E-state index contributed by atoms with van der Waals surface area (Å²) in [7, 11) is 0. The van der Waals surface area contributed by atoms with Gasteiger partial charge in [0.1, 0.15) is 6.54 Å². The van der Waals surface area contributed by atoms with E-state index >= 15 is 0 Å². The maximum Gasteiger partial charge on any atom is 0.416 e. The van der Waals surface area contributed by atoms with Crippen molar-refractivity contribution in [3.8, 4) is 22.3 Å². The van der Waals surface area contributed by atoms with Gasteiger partial charge in [-0.1, -0.05) is 72.3 Å². The molecule has 1 aliphatic heterocycles. The van der Waals surface area contributed by atoms with E-state index in [1.807, 2.05) is 30.3 Å². The third kappa shape index (κ3) is 8.59. The Kier molecular flexibility index (Phi) is 10.8. The van der Waals surface area contributed by atoms with Crippen LogP contribution in [-0.2, 0) is 17.4 Å². The predicted octanol–water partition coefficient (Wildman–Crippen LogP) is 9.03. The number of hydrogen-bond acceptors (Lipinski definition) is 3. The van der Waals surface area contributed by atoms with E-state index in [4.69, 9.17) is 11.6 Å². The highest BCUT2D eigenvalue weighted by molar-refractivity contribution is 6.31. The van der Waals surface area contributed by atoms with Crippen molar-refractivity contribution in [3.05, 3.63) is 118 Å². The van der Waals surface area contributed by atoms with Gasteiger partial charge in [-0.05, 0) is 102 Å². The number of hydrogen-bond donors (Lipinski definition) is 2. The normalized spacial score (nSPS) is 16.4. The Morgan fingerprint density at radius 1 is 0.804 bits per heavy atom. The molecule has 5 nitrogen and oxygen atoms in total. The molecule has 1 heterocycles. The van der Waals surface area contributed by atoms with E-state index in [2.05, 4.69) is 15.5 Å². The van der Waals surface area contributed by atoms with Crippen molar-refractivity contribution in [1.82, 2.24) is 15.5 Å². The van der Waals surface area contributed by atoms with Crippen molar-refractivity contribution >= 4 is 23.4 Å². The van der Waals surface area contributed by atoms with Crippen LogP contribution >= 0.6 is 11.6 Å². The molecule has 268 valence electrons. The first-order valence-electron chi connectivity index (χ1n) is 16.8. The third-order valence-corrected chi connectivity index (χ3v) is 9.85. The van der Waals surface area contributed by atoms with Crippen molar-refractivity contribution in [1.29, 1.82) is 0 Å². The molecule has 51 heavy (non-hydrogen) atoms. The summed E-state index contributed by atoms with van der Waals surface area (Å²) in [6, 6.07) is 22.5. The Morgan fingerprint density at radius 2 is 1.51 bits per heavy atom. The van der Waals surface area contributed by atoms with Crippen LogP contribution in [0.2, 0.25) is 5.02 Å². The van der Waals surface area contributed by atoms with Crippen LogP contribution in [0.25, 0.3) is 22.3 Å². The van der Waals surface area contributed by atoms with E-state index in [-0.39, 0.29) is 11.9 Å². The molecule has 1 fully saturated rings. The minimum atomic E-state index is -4.51. The highest BCUT2D eigenvalue weighted by Gasteiger charge is 2.37. The average Bonchev–Trinajstić information content (AvgIpc) is 3.44. The molecule has 2 N–H and O–H groups in total. The molecule has 0 saturated carbocycles. The summed E-state index contributed by atoms with van der Waals surface area (Å²) in [6.07, 6.45) is -5.15. The number of carbonyl (C=O) groups excluding carboxylic acids is 2. The van der Waals surface area contributed by atoms with E-state index in [1.54, 1.807) is 24.3 Å². The molecule has 2 aliphatic rings. The van der Waals surface area contributed by atoms with Crippen LogP contribution in [0.1, 0.15) is 64.2 Å². The Balaban J connectivity index is 1.02. The number of carbonyl (C=O) groups is 2. The van der Waals surface area contributed by atoms with Crippen LogP contribution < -0.4 is 10.6 Å². The number of nitrogens with one attached hydrogen (secondary N) is 2. The summed E-state index contributed by atoms with van der Waals surface area (Å²) in [5.41, 5.74) is 4.67. The van der Waals surface area contributed by atoms with Gasteiger partial charge in [-0.15, -0.1) is 0 Å². The number of rotatable bonds is 10. The minimum absolute atomic E-state index is 0.0813. The van der Waals surface area contributed by atoms with Crippen LogP contribution in [0.3, 0.4) is 0 Å². The van der Waals surface area contributed by atoms with E-state index in [9.17, 15) is 35.9 Å². The first kappa shape index (κ1) is 36.4. The van der Waals surface area contributed by atoms with Crippen LogP contribution in [0.4, 0.5) is 26.3 Å². The van der Waals surface area contributed by atoms with Crippen molar-refractivity contribution in [3.63, 3.8) is 0 Å². The van der Waals surface area contributed by atoms with Crippen molar-refractivity contribution < 1.29 is 35.9 Å². The largest absolute Gasteiger partial charge is 0.416 e.